The number of carbonyl (C=O) groups excluding carboxylic acids is 2. The topological polar surface area (TPSA) is 71.1 Å². The van der Waals surface area contributed by atoms with Gasteiger partial charge in [-0.15, -0.1) is 0 Å². The Kier molecular flexibility index (Phi) is 6.30. The maximum atomic E-state index is 12.9. The molecule has 0 radical (unpaired) electrons. The van der Waals surface area contributed by atoms with Crippen molar-refractivity contribution in [2.75, 3.05) is 49.0 Å². The number of rotatable bonds is 6. The highest BCUT2D eigenvalue weighted by atomic mass is 16.5. The maximum absolute atomic E-state index is 12.9. The van der Waals surface area contributed by atoms with Crippen molar-refractivity contribution in [1.29, 1.82) is 0 Å². The van der Waals surface area contributed by atoms with Gasteiger partial charge in [-0.3, -0.25) is 9.59 Å². The number of carbonyl (C=O) groups is 2. The minimum atomic E-state index is -0.403. The molecule has 7 heteroatoms. The number of hydrogen-bond acceptors (Lipinski definition) is 5. The number of hydrogen-bond donors (Lipinski definition) is 1. The molecular weight excluding hydrogens is 394 g/mol. The van der Waals surface area contributed by atoms with E-state index in [1.54, 1.807) is 31.3 Å². The summed E-state index contributed by atoms with van der Waals surface area (Å²) in [6.45, 7) is 2.44. The van der Waals surface area contributed by atoms with E-state index < -0.39 is 5.92 Å². The molecular formula is C24H29N3O4. The molecule has 2 aliphatic heterocycles. The first-order valence-electron chi connectivity index (χ1n) is 10.8. The summed E-state index contributed by atoms with van der Waals surface area (Å²) in [6.07, 6.45) is 3.87. The van der Waals surface area contributed by atoms with E-state index in [0.29, 0.717) is 23.7 Å². The highest BCUT2D eigenvalue weighted by molar-refractivity contribution is 6.03. The third-order valence-corrected chi connectivity index (χ3v) is 6.01. The Hall–Kier alpha value is -3.22. The van der Waals surface area contributed by atoms with E-state index in [0.717, 1.165) is 24.5 Å². The number of nitrogens with zero attached hydrogens (tertiary/aromatic N) is 2. The van der Waals surface area contributed by atoms with Gasteiger partial charge in [0.1, 0.15) is 0 Å². The van der Waals surface area contributed by atoms with E-state index in [4.69, 9.17) is 9.47 Å². The quantitative estimate of drug-likeness (QED) is 0.767. The Balaban J connectivity index is 1.43. The van der Waals surface area contributed by atoms with E-state index in [-0.39, 0.29) is 18.2 Å². The second-order valence-electron chi connectivity index (χ2n) is 8.03. The first-order valence-corrected chi connectivity index (χ1v) is 10.8. The molecule has 2 aromatic carbocycles. The van der Waals surface area contributed by atoms with Crippen molar-refractivity contribution in [1.82, 2.24) is 0 Å². The van der Waals surface area contributed by atoms with Crippen molar-refractivity contribution in [3.63, 3.8) is 0 Å². The molecule has 2 aliphatic rings. The van der Waals surface area contributed by atoms with E-state index in [1.807, 2.05) is 24.3 Å². The molecule has 0 aromatic heterocycles. The monoisotopic (exact) mass is 423 g/mol. The lowest BCUT2D eigenvalue weighted by Gasteiger charge is -2.29. The second-order valence-corrected chi connectivity index (χ2v) is 8.03. The van der Waals surface area contributed by atoms with Gasteiger partial charge in [0.05, 0.1) is 20.1 Å². The summed E-state index contributed by atoms with van der Waals surface area (Å²) in [4.78, 5) is 29.5. The van der Waals surface area contributed by atoms with Crippen LogP contribution in [0.1, 0.15) is 25.7 Å². The number of nitrogens with one attached hydrogen (secondary N) is 1. The summed E-state index contributed by atoms with van der Waals surface area (Å²) < 4.78 is 10.6. The van der Waals surface area contributed by atoms with Crippen molar-refractivity contribution < 1.29 is 19.1 Å². The molecule has 0 spiro atoms. The van der Waals surface area contributed by atoms with Gasteiger partial charge in [0.2, 0.25) is 11.8 Å². The van der Waals surface area contributed by atoms with Gasteiger partial charge in [0.25, 0.3) is 0 Å². The van der Waals surface area contributed by atoms with Crippen molar-refractivity contribution in [3.8, 4) is 11.5 Å². The summed E-state index contributed by atoms with van der Waals surface area (Å²) in [5, 5.41) is 3.01. The Morgan fingerprint density at radius 2 is 1.74 bits per heavy atom. The fourth-order valence-corrected chi connectivity index (χ4v) is 4.30. The van der Waals surface area contributed by atoms with Crippen molar-refractivity contribution in [2.45, 2.75) is 25.7 Å². The van der Waals surface area contributed by atoms with Crippen molar-refractivity contribution in [2.24, 2.45) is 5.92 Å². The fourth-order valence-electron chi connectivity index (χ4n) is 4.30. The Morgan fingerprint density at radius 1 is 0.968 bits per heavy atom. The Morgan fingerprint density at radius 3 is 2.48 bits per heavy atom. The van der Waals surface area contributed by atoms with Crippen molar-refractivity contribution >= 4 is 28.9 Å². The zero-order chi connectivity index (χ0) is 21.8. The molecule has 1 unspecified atom stereocenters. The minimum absolute atomic E-state index is 0.0746. The van der Waals surface area contributed by atoms with Crippen LogP contribution in [0, 0.1) is 5.92 Å². The molecule has 2 amide bonds. The number of ether oxygens (including phenoxy) is 2. The highest BCUT2D eigenvalue weighted by Gasteiger charge is 2.35. The minimum Gasteiger partial charge on any atom is -0.493 e. The third kappa shape index (κ3) is 4.60. The number of amides is 2. The van der Waals surface area contributed by atoms with E-state index in [1.165, 1.54) is 19.3 Å². The molecule has 1 N–H and O–H groups in total. The molecule has 2 fully saturated rings. The molecule has 0 bridgehead atoms. The molecule has 164 valence electrons. The second kappa shape index (κ2) is 9.29. The summed E-state index contributed by atoms with van der Waals surface area (Å²) in [7, 11) is 3.13. The molecule has 7 nitrogen and oxygen atoms in total. The number of methoxy groups -OCH3 is 2. The van der Waals surface area contributed by atoms with Gasteiger partial charge in [-0.2, -0.15) is 0 Å². The maximum Gasteiger partial charge on any atom is 0.229 e. The summed E-state index contributed by atoms with van der Waals surface area (Å²) in [5.74, 6) is 0.539. The Bertz CT molecular complexity index is 956. The van der Waals surface area contributed by atoms with Gasteiger partial charge in [0, 0.05) is 49.2 Å². The number of anilines is 3. The largest absolute Gasteiger partial charge is 0.493 e. The molecule has 2 aromatic rings. The highest BCUT2D eigenvalue weighted by Crippen LogP contribution is 2.34. The standard InChI is InChI=1S/C24H29N3O4/c1-30-21-10-9-20(15-22(21)31-2)27-16-17(13-23(27)28)24(29)25-18-7-6-8-19(14-18)26-11-4-3-5-12-26/h6-10,14-15,17H,3-5,11-13,16H2,1-2H3,(H,25,29). The molecule has 4 rings (SSSR count). The van der Waals surface area contributed by atoms with Crippen LogP contribution >= 0.6 is 0 Å². The molecule has 2 saturated heterocycles. The number of benzene rings is 2. The average molecular weight is 424 g/mol. The Labute approximate surface area is 182 Å². The summed E-state index contributed by atoms with van der Waals surface area (Å²) in [5.41, 5.74) is 2.60. The third-order valence-electron chi connectivity index (χ3n) is 6.01. The van der Waals surface area contributed by atoms with Gasteiger partial charge < -0.3 is 24.6 Å². The van der Waals surface area contributed by atoms with Crippen LogP contribution in [-0.2, 0) is 9.59 Å². The summed E-state index contributed by atoms with van der Waals surface area (Å²) >= 11 is 0. The lowest BCUT2D eigenvalue weighted by atomic mass is 10.1. The van der Waals surface area contributed by atoms with Crippen LogP contribution in [0.3, 0.4) is 0 Å². The smallest absolute Gasteiger partial charge is 0.229 e. The van der Waals surface area contributed by atoms with Crippen LogP contribution in [-0.4, -0.2) is 45.7 Å². The number of piperidine rings is 1. The van der Waals surface area contributed by atoms with Crippen LogP contribution < -0.4 is 24.6 Å². The van der Waals surface area contributed by atoms with Crippen LogP contribution in [0.25, 0.3) is 0 Å². The van der Waals surface area contributed by atoms with Crippen LogP contribution in [0.15, 0.2) is 42.5 Å². The molecule has 0 saturated carbocycles. The van der Waals surface area contributed by atoms with Gasteiger partial charge in [-0.05, 0) is 49.6 Å². The van der Waals surface area contributed by atoms with E-state index >= 15 is 0 Å². The van der Waals surface area contributed by atoms with Gasteiger partial charge in [-0.25, -0.2) is 0 Å². The summed E-state index contributed by atoms with van der Waals surface area (Å²) in [6, 6.07) is 13.3. The predicted molar refractivity (Wildman–Crippen MR) is 121 cm³/mol. The molecule has 31 heavy (non-hydrogen) atoms. The van der Waals surface area contributed by atoms with E-state index in [2.05, 4.69) is 16.3 Å². The van der Waals surface area contributed by atoms with Crippen LogP contribution in [0.5, 0.6) is 11.5 Å². The van der Waals surface area contributed by atoms with Crippen LogP contribution in [0.4, 0.5) is 17.1 Å². The first kappa shape index (κ1) is 21.0. The lowest BCUT2D eigenvalue weighted by Crippen LogP contribution is -2.30. The lowest BCUT2D eigenvalue weighted by molar-refractivity contribution is -0.122. The predicted octanol–water partition coefficient (Wildman–Crippen LogP) is 3.69. The molecule has 2 heterocycles. The fraction of sp³-hybridized carbons (Fsp3) is 0.417. The van der Waals surface area contributed by atoms with Gasteiger partial charge >= 0.3 is 0 Å². The first-order chi connectivity index (χ1) is 15.1. The van der Waals surface area contributed by atoms with E-state index in [9.17, 15) is 9.59 Å². The van der Waals surface area contributed by atoms with Crippen LogP contribution in [0.2, 0.25) is 0 Å². The van der Waals surface area contributed by atoms with Gasteiger partial charge in [-0.1, -0.05) is 6.07 Å². The zero-order valence-corrected chi connectivity index (χ0v) is 18.1. The average Bonchev–Trinajstić information content (AvgIpc) is 3.21. The molecule has 0 aliphatic carbocycles. The molecule has 1 atom stereocenters. The SMILES string of the molecule is COc1ccc(N2CC(C(=O)Nc3cccc(N4CCCCC4)c3)CC2=O)cc1OC. The van der Waals surface area contributed by atoms with Gasteiger partial charge in [0.15, 0.2) is 11.5 Å². The zero-order valence-electron chi connectivity index (χ0n) is 18.1. The van der Waals surface area contributed by atoms with Crippen molar-refractivity contribution in [3.05, 3.63) is 42.5 Å². The normalized spacial score (nSPS) is 18.8.